The van der Waals surface area contributed by atoms with Gasteiger partial charge in [0.25, 0.3) is 0 Å². The summed E-state index contributed by atoms with van der Waals surface area (Å²) >= 11 is 0. The maximum Gasteiger partial charge on any atom is 0.164 e. The lowest BCUT2D eigenvalue weighted by atomic mass is 10.1. The van der Waals surface area contributed by atoms with Crippen molar-refractivity contribution in [1.29, 1.82) is 0 Å². The molecule has 0 saturated carbocycles. The third-order valence-corrected chi connectivity index (χ3v) is 7.06. The van der Waals surface area contributed by atoms with E-state index in [2.05, 4.69) is 19.9 Å². The van der Waals surface area contributed by atoms with Crippen molar-refractivity contribution in [3.8, 4) is 68.3 Å². The monoisotopic (exact) mass is 585 g/mol. The predicted molar refractivity (Wildman–Crippen MR) is 173 cm³/mol. The van der Waals surface area contributed by atoms with Gasteiger partial charge in [-0.05, 0) is 32.9 Å². The molecule has 3 heterocycles. The number of rotatable bonds is 6. The third-order valence-electron chi connectivity index (χ3n) is 7.06. The summed E-state index contributed by atoms with van der Waals surface area (Å²) in [4.78, 5) is 42.1. The number of hydrogen-bond acceptors (Lipinski definition) is 9. The minimum atomic E-state index is 0.553. The van der Waals surface area contributed by atoms with Gasteiger partial charge in [-0.3, -0.25) is 0 Å². The number of nitrogens with zero attached hydrogens (tertiary/aromatic N) is 9. The van der Waals surface area contributed by atoms with E-state index in [0.29, 0.717) is 52.4 Å². The molecular formula is C36H27N9. The Morgan fingerprint density at radius 2 is 0.533 bits per heavy atom. The van der Waals surface area contributed by atoms with Crippen LogP contribution in [0.2, 0.25) is 0 Å². The van der Waals surface area contributed by atoms with E-state index >= 15 is 0 Å². The molecular weight excluding hydrogens is 558 g/mol. The van der Waals surface area contributed by atoms with E-state index in [0.717, 1.165) is 33.4 Å². The van der Waals surface area contributed by atoms with Crippen LogP contribution in [0.1, 0.15) is 17.5 Å². The Morgan fingerprint density at radius 1 is 0.267 bits per heavy atom. The Labute approximate surface area is 260 Å². The number of aromatic nitrogens is 9. The number of aryl methyl sites for hydroxylation is 3. The number of benzene rings is 4. The van der Waals surface area contributed by atoms with Crippen molar-refractivity contribution in [2.75, 3.05) is 0 Å². The second-order valence-corrected chi connectivity index (χ2v) is 10.5. The summed E-state index contributed by atoms with van der Waals surface area (Å²) in [5.41, 5.74) is 5.17. The molecule has 0 aliphatic heterocycles. The average Bonchev–Trinajstić information content (AvgIpc) is 3.08. The fourth-order valence-corrected chi connectivity index (χ4v) is 5.02. The van der Waals surface area contributed by atoms with Gasteiger partial charge in [0.05, 0.1) is 0 Å². The first kappa shape index (κ1) is 27.7. The van der Waals surface area contributed by atoms with Crippen LogP contribution in [-0.2, 0) is 0 Å². The Bertz CT molecular complexity index is 2070. The third kappa shape index (κ3) is 6.05. The van der Waals surface area contributed by atoms with Gasteiger partial charge in [-0.1, -0.05) is 97.1 Å². The molecule has 7 rings (SSSR count). The fraction of sp³-hybridized carbons (Fsp3) is 0.0833. The van der Waals surface area contributed by atoms with E-state index < -0.39 is 0 Å². The van der Waals surface area contributed by atoms with Crippen LogP contribution in [0.15, 0.2) is 109 Å². The van der Waals surface area contributed by atoms with E-state index in [4.69, 9.17) is 24.9 Å². The van der Waals surface area contributed by atoms with E-state index in [1.54, 1.807) is 0 Å². The molecule has 45 heavy (non-hydrogen) atoms. The SMILES string of the molecule is Cc1nc(C)nc(-c2cccc(-c3nc(C)nc(-c4cccc(-c5nc(-c6ccccc6)nc(-c6ccccc6)n5)c4)n3)c2)n1. The minimum Gasteiger partial charge on any atom is -0.219 e. The molecule has 0 aliphatic rings. The Hall–Kier alpha value is -6.09. The molecule has 0 amide bonds. The first-order valence-electron chi connectivity index (χ1n) is 14.5. The minimum absolute atomic E-state index is 0.553. The smallest absolute Gasteiger partial charge is 0.164 e. The van der Waals surface area contributed by atoms with Crippen LogP contribution in [-0.4, -0.2) is 44.9 Å². The molecule has 7 aromatic rings. The van der Waals surface area contributed by atoms with Crippen molar-refractivity contribution >= 4 is 0 Å². The molecule has 216 valence electrons. The maximum atomic E-state index is 4.88. The van der Waals surface area contributed by atoms with E-state index in [1.165, 1.54) is 0 Å². The Kier molecular flexibility index (Phi) is 7.33. The van der Waals surface area contributed by atoms with Crippen LogP contribution >= 0.6 is 0 Å². The van der Waals surface area contributed by atoms with Crippen molar-refractivity contribution in [3.63, 3.8) is 0 Å². The highest BCUT2D eigenvalue weighted by molar-refractivity contribution is 5.71. The van der Waals surface area contributed by atoms with Crippen LogP contribution in [0.4, 0.5) is 0 Å². The van der Waals surface area contributed by atoms with Gasteiger partial charge >= 0.3 is 0 Å². The van der Waals surface area contributed by atoms with Crippen LogP contribution < -0.4 is 0 Å². The van der Waals surface area contributed by atoms with E-state index in [9.17, 15) is 0 Å². The van der Waals surface area contributed by atoms with Gasteiger partial charge < -0.3 is 0 Å². The molecule has 0 aliphatic carbocycles. The first-order chi connectivity index (χ1) is 22.0. The van der Waals surface area contributed by atoms with Crippen LogP contribution in [0.5, 0.6) is 0 Å². The van der Waals surface area contributed by atoms with E-state index in [-0.39, 0.29) is 0 Å². The van der Waals surface area contributed by atoms with Crippen molar-refractivity contribution in [3.05, 3.63) is 127 Å². The molecule has 0 radical (unpaired) electrons. The molecule has 0 saturated heterocycles. The summed E-state index contributed by atoms with van der Waals surface area (Å²) < 4.78 is 0. The summed E-state index contributed by atoms with van der Waals surface area (Å²) in [6, 6.07) is 35.7. The van der Waals surface area contributed by atoms with Gasteiger partial charge in [-0.2, -0.15) is 0 Å². The van der Waals surface area contributed by atoms with Crippen molar-refractivity contribution in [2.24, 2.45) is 0 Å². The van der Waals surface area contributed by atoms with Gasteiger partial charge in [0.1, 0.15) is 17.5 Å². The molecule has 0 N–H and O–H groups in total. The zero-order valence-corrected chi connectivity index (χ0v) is 24.9. The Balaban J connectivity index is 1.29. The summed E-state index contributed by atoms with van der Waals surface area (Å²) in [6.45, 7) is 5.59. The molecule has 9 nitrogen and oxygen atoms in total. The van der Waals surface area contributed by atoms with Gasteiger partial charge in [0.15, 0.2) is 34.9 Å². The Morgan fingerprint density at radius 3 is 0.911 bits per heavy atom. The largest absolute Gasteiger partial charge is 0.219 e. The van der Waals surface area contributed by atoms with Crippen molar-refractivity contribution < 1.29 is 0 Å². The highest BCUT2D eigenvalue weighted by atomic mass is 15.0. The van der Waals surface area contributed by atoms with Crippen LogP contribution in [0.3, 0.4) is 0 Å². The van der Waals surface area contributed by atoms with Crippen molar-refractivity contribution in [2.45, 2.75) is 20.8 Å². The lowest BCUT2D eigenvalue weighted by Gasteiger charge is -2.10. The summed E-state index contributed by atoms with van der Waals surface area (Å²) in [6.07, 6.45) is 0. The highest BCUT2D eigenvalue weighted by Crippen LogP contribution is 2.28. The molecule has 4 aromatic carbocycles. The van der Waals surface area contributed by atoms with Crippen LogP contribution in [0.25, 0.3) is 68.3 Å². The molecule has 0 spiro atoms. The number of hydrogen-bond donors (Lipinski definition) is 0. The fourth-order valence-electron chi connectivity index (χ4n) is 5.02. The second-order valence-electron chi connectivity index (χ2n) is 10.5. The van der Waals surface area contributed by atoms with Gasteiger partial charge in [0.2, 0.25) is 0 Å². The molecule has 0 fully saturated rings. The van der Waals surface area contributed by atoms with Crippen molar-refractivity contribution in [1.82, 2.24) is 44.9 Å². The second kappa shape index (κ2) is 11.9. The first-order valence-corrected chi connectivity index (χ1v) is 14.5. The predicted octanol–water partition coefficient (Wildman–Crippen LogP) is 7.17. The topological polar surface area (TPSA) is 116 Å². The molecule has 9 heteroatoms. The maximum absolute atomic E-state index is 4.88. The summed E-state index contributed by atoms with van der Waals surface area (Å²) in [5.74, 6) is 5.45. The molecule has 3 aromatic heterocycles. The van der Waals surface area contributed by atoms with Gasteiger partial charge in [0, 0.05) is 33.4 Å². The van der Waals surface area contributed by atoms with E-state index in [1.807, 2.05) is 130 Å². The van der Waals surface area contributed by atoms with Crippen LogP contribution in [0, 0.1) is 20.8 Å². The molecule has 0 bridgehead atoms. The molecule has 0 atom stereocenters. The average molecular weight is 586 g/mol. The quantitative estimate of drug-likeness (QED) is 0.200. The zero-order chi connectivity index (χ0) is 30.8. The summed E-state index contributed by atoms with van der Waals surface area (Å²) in [7, 11) is 0. The lowest BCUT2D eigenvalue weighted by Crippen LogP contribution is -2.02. The van der Waals surface area contributed by atoms with Gasteiger partial charge in [-0.25, -0.2) is 44.9 Å². The standard InChI is InChI=1S/C36H27N9/c1-22-37-23(2)39-33(38-22)27-16-10-17-28(20-27)34-40-24(3)41-35(45-34)29-18-11-19-30(21-29)36-43-31(25-12-6-4-7-13-25)42-32(44-36)26-14-8-5-9-15-26/h4-21H,1-3H3. The van der Waals surface area contributed by atoms with Gasteiger partial charge in [-0.15, -0.1) is 0 Å². The highest BCUT2D eigenvalue weighted by Gasteiger charge is 2.15. The lowest BCUT2D eigenvalue weighted by molar-refractivity contribution is 0.928. The molecule has 0 unspecified atom stereocenters. The summed E-state index contributed by atoms with van der Waals surface area (Å²) in [5, 5.41) is 0. The zero-order valence-electron chi connectivity index (χ0n) is 24.9. The normalized spacial score (nSPS) is 11.0.